The van der Waals surface area contributed by atoms with Gasteiger partial charge in [0.1, 0.15) is 11.9 Å². The molecule has 7 nitrogen and oxygen atoms in total. The third-order valence-electron chi connectivity index (χ3n) is 3.03. The second-order valence-electron chi connectivity index (χ2n) is 4.95. The average Bonchev–Trinajstić information content (AvgIpc) is 3.04. The van der Waals surface area contributed by atoms with Crippen LogP contribution in [0.2, 0.25) is 0 Å². The van der Waals surface area contributed by atoms with Crippen molar-refractivity contribution < 1.29 is 18.7 Å². The summed E-state index contributed by atoms with van der Waals surface area (Å²) < 4.78 is 19.0. The third-order valence-corrected chi connectivity index (χ3v) is 3.80. The third kappa shape index (κ3) is 4.87. The molecule has 0 fully saturated rings. The van der Waals surface area contributed by atoms with Crippen molar-refractivity contribution in [3.63, 3.8) is 0 Å². The van der Waals surface area contributed by atoms with Gasteiger partial charge in [-0.3, -0.25) is 4.79 Å². The summed E-state index contributed by atoms with van der Waals surface area (Å²) in [4.78, 5) is 26.8. The second kappa shape index (κ2) is 8.73. The van der Waals surface area contributed by atoms with Gasteiger partial charge in [0.2, 0.25) is 5.91 Å². The van der Waals surface area contributed by atoms with Gasteiger partial charge < -0.3 is 15.4 Å². The van der Waals surface area contributed by atoms with Crippen LogP contribution in [-0.2, 0) is 14.3 Å². The van der Waals surface area contributed by atoms with Crippen molar-refractivity contribution in [3.05, 3.63) is 41.2 Å². The Morgan fingerprint density at radius 2 is 2.23 bits per heavy atom. The summed E-state index contributed by atoms with van der Waals surface area (Å²) in [5.41, 5.74) is 0.795. The molecule has 0 aliphatic heterocycles. The Bertz CT molecular complexity index is 902. The van der Waals surface area contributed by atoms with E-state index in [0.29, 0.717) is 16.5 Å². The van der Waals surface area contributed by atoms with Crippen LogP contribution >= 0.6 is 11.3 Å². The largest absolute Gasteiger partial charge is 0.462 e. The van der Waals surface area contributed by atoms with Gasteiger partial charge in [0.15, 0.2) is 10.7 Å². The molecular weight excluding hydrogens is 359 g/mol. The van der Waals surface area contributed by atoms with Crippen LogP contribution < -0.4 is 10.6 Å². The van der Waals surface area contributed by atoms with Crippen molar-refractivity contribution in [2.24, 2.45) is 0 Å². The molecule has 134 valence electrons. The summed E-state index contributed by atoms with van der Waals surface area (Å²) >= 11 is 1.18. The molecular formula is C17H15FN4O3S. The first kappa shape index (κ1) is 19.1. The first-order chi connectivity index (χ1) is 12.4. The number of carbonyl (C=O) groups excluding carboxylic acids is 2. The van der Waals surface area contributed by atoms with Crippen LogP contribution in [0.5, 0.6) is 0 Å². The second-order valence-corrected chi connectivity index (χ2v) is 5.81. The number of amides is 1. The van der Waals surface area contributed by atoms with Gasteiger partial charge in [-0.25, -0.2) is 14.2 Å². The molecule has 0 aliphatic rings. The molecule has 1 aromatic carbocycles. The number of benzene rings is 1. The van der Waals surface area contributed by atoms with E-state index in [4.69, 9.17) is 10.00 Å². The van der Waals surface area contributed by atoms with Crippen LogP contribution in [0.3, 0.4) is 0 Å². The molecule has 9 heteroatoms. The van der Waals surface area contributed by atoms with Crippen LogP contribution in [0.1, 0.15) is 13.8 Å². The Kier molecular flexibility index (Phi) is 6.41. The summed E-state index contributed by atoms with van der Waals surface area (Å²) in [6, 6.07) is 6.02. The van der Waals surface area contributed by atoms with Crippen molar-refractivity contribution in [2.75, 3.05) is 17.2 Å². The number of esters is 1. The molecule has 0 atom stereocenters. The van der Waals surface area contributed by atoms with E-state index in [1.807, 2.05) is 0 Å². The molecule has 0 unspecified atom stereocenters. The van der Waals surface area contributed by atoms with E-state index in [9.17, 15) is 14.0 Å². The normalized spacial score (nSPS) is 10.8. The molecule has 26 heavy (non-hydrogen) atoms. The molecule has 0 aliphatic carbocycles. The van der Waals surface area contributed by atoms with E-state index < -0.39 is 11.8 Å². The van der Waals surface area contributed by atoms with E-state index in [1.54, 1.807) is 24.4 Å². The summed E-state index contributed by atoms with van der Waals surface area (Å²) in [5, 5.41) is 16.2. The average molecular weight is 374 g/mol. The number of nitriles is 1. The summed E-state index contributed by atoms with van der Waals surface area (Å²) in [6.45, 7) is 3.13. The monoisotopic (exact) mass is 374 g/mol. The van der Waals surface area contributed by atoms with Crippen molar-refractivity contribution in [2.45, 2.75) is 13.8 Å². The van der Waals surface area contributed by atoms with Crippen molar-refractivity contribution in [1.82, 2.24) is 4.98 Å². The lowest BCUT2D eigenvalue weighted by molar-refractivity contribution is -0.138. The van der Waals surface area contributed by atoms with Gasteiger partial charge in [-0.2, -0.15) is 5.26 Å². The maximum atomic E-state index is 14.2. The standard InChI is InChI=1S/C17H15FN4O3S/c1-3-25-16(24)11(7-19)8-20-17-22-15(9-26-17)13-5-4-12(6-14(13)18)21-10(2)23/h4-6,8-9H,3H2,1-2H3,(H,20,22)(H,21,23). The summed E-state index contributed by atoms with van der Waals surface area (Å²) in [6.07, 6.45) is 1.19. The number of nitrogens with one attached hydrogen (secondary N) is 2. The van der Waals surface area contributed by atoms with E-state index in [-0.39, 0.29) is 23.7 Å². The lowest BCUT2D eigenvalue weighted by Gasteiger charge is -2.04. The summed E-state index contributed by atoms with van der Waals surface area (Å²) in [7, 11) is 0. The Labute approximate surface area is 153 Å². The number of aromatic nitrogens is 1. The van der Waals surface area contributed by atoms with Gasteiger partial charge in [0.05, 0.1) is 12.3 Å². The minimum atomic E-state index is -0.737. The number of carbonyl (C=O) groups is 2. The van der Waals surface area contributed by atoms with E-state index in [0.717, 1.165) is 0 Å². The highest BCUT2D eigenvalue weighted by Gasteiger charge is 2.12. The SMILES string of the molecule is CCOC(=O)C(C#N)=CNc1nc(-c2ccc(NC(C)=O)cc2F)cs1. The zero-order valence-electron chi connectivity index (χ0n) is 14.0. The fraction of sp³-hybridized carbons (Fsp3) is 0.176. The molecule has 2 aromatic rings. The number of nitrogens with zero attached hydrogens (tertiary/aromatic N) is 2. The molecule has 1 amide bonds. The lowest BCUT2D eigenvalue weighted by atomic mass is 10.1. The van der Waals surface area contributed by atoms with Crippen LogP contribution in [0, 0.1) is 17.1 Å². The zero-order chi connectivity index (χ0) is 19.1. The van der Waals surface area contributed by atoms with E-state index >= 15 is 0 Å². The van der Waals surface area contributed by atoms with E-state index in [1.165, 1.54) is 36.6 Å². The lowest BCUT2D eigenvalue weighted by Crippen LogP contribution is -2.07. The van der Waals surface area contributed by atoms with E-state index in [2.05, 4.69) is 15.6 Å². The molecule has 0 saturated heterocycles. The summed E-state index contributed by atoms with van der Waals surface area (Å²) in [5.74, 6) is -1.56. The fourth-order valence-corrected chi connectivity index (χ4v) is 2.63. The molecule has 0 saturated carbocycles. The van der Waals surface area contributed by atoms with Crippen LogP contribution in [0.4, 0.5) is 15.2 Å². The number of hydrogen-bond donors (Lipinski definition) is 2. The van der Waals surface area contributed by atoms with Crippen molar-refractivity contribution >= 4 is 34.0 Å². The highest BCUT2D eigenvalue weighted by molar-refractivity contribution is 7.14. The number of anilines is 2. The fourth-order valence-electron chi connectivity index (χ4n) is 1.95. The minimum Gasteiger partial charge on any atom is -0.462 e. The van der Waals surface area contributed by atoms with Crippen LogP contribution in [0.25, 0.3) is 11.3 Å². The molecule has 0 bridgehead atoms. The molecule has 1 aromatic heterocycles. The van der Waals surface area contributed by atoms with Crippen LogP contribution in [0.15, 0.2) is 35.4 Å². The first-order valence-corrected chi connectivity index (χ1v) is 8.39. The zero-order valence-corrected chi connectivity index (χ0v) is 14.8. The maximum Gasteiger partial charge on any atom is 0.350 e. The molecule has 2 N–H and O–H groups in total. The molecule has 2 rings (SSSR count). The van der Waals surface area contributed by atoms with Gasteiger partial charge in [-0.15, -0.1) is 11.3 Å². The highest BCUT2D eigenvalue weighted by Crippen LogP contribution is 2.28. The molecule has 0 spiro atoms. The number of halogens is 1. The smallest absolute Gasteiger partial charge is 0.350 e. The molecule has 0 radical (unpaired) electrons. The van der Waals surface area contributed by atoms with Crippen molar-refractivity contribution in [3.8, 4) is 17.3 Å². The topological polar surface area (TPSA) is 104 Å². The predicted octanol–water partition coefficient (Wildman–Crippen LogP) is 3.29. The first-order valence-electron chi connectivity index (χ1n) is 7.51. The number of ether oxygens (including phenoxy) is 1. The highest BCUT2D eigenvalue weighted by atomic mass is 32.1. The Morgan fingerprint density at radius 3 is 2.85 bits per heavy atom. The Morgan fingerprint density at radius 1 is 1.46 bits per heavy atom. The van der Waals surface area contributed by atoms with Crippen LogP contribution in [-0.4, -0.2) is 23.5 Å². The number of thiazole rings is 1. The number of hydrogen-bond acceptors (Lipinski definition) is 7. The van der Waals surface area contributed by atoms with Gasteiger partial charge in [0.25, 0.3) is 0 Å². The molecule has 1 heterocycles. The van der Waals surface area contributed by atoms with Crippen molar-refractivity contribution in [1.29, 1.82) is 5.26 Å². The number of rotatable bonds is 6. The maximum absolute atomic E-state index is 14.2. The minimum absolute atomic E-state index is 0.160. The van der Waals surface area contributed by atoms with Gasteiger partial charge in [0, 0.05) is 29.8 Å². The Balaban J connectivity index is 2.16. The predicted molar refractivity (Wildman–Crippen MR) is 95.8 cm³/mol. The van der Waals surface area contributed by atoms with Gasteiger partial charge in [-0.05, 0) is 25.1 Å². The Hall–Kier alpha value is -3.25. The quantitative estimate of drug-likeness (QED) is 0.457. The van der Waals surface area contributed by atoms with Gasteiger partial charge >= 0.3 is 5.97 Å². The van der Waals surface area contributed by atoms with Gasteiger partial charge in [-0.1, -0.05) is 0 Å².